The van der Waals surface area contributed by atoms with E-state index in [1.54, 1.807) is 0 Å². The molecule has 5 nitrogen and oxygen atoms in total. The monoisotopic (exact) mass is 630 g/mol. The third kappa shape index (κ3) is 9.77. The smallest absolute Gasteiger partial charge is 0.127 e. The number of ether oxygens (including phenoxy) is 1. The van der Waals surface area contributed by atoms with E-state index < -0.39 is 0 Å². The molecule has 2 aromatic heterocycles. The van der Waals surface area contributed by atoms with Crippen LogP contribution >= 0.6 is 0 Å². The zero-order valence-corrected chi connectivity index (χ0v) is 29.4. The van der Waals surface area contributed by atoms with E-state index in [-0.39, 0.29) is 0 Å². The van der Waals surface area contributed by atoms with Crippen LogP contribution in [0.25, 0.3) is 45.3 Å². The summed E-state index contributed by atoms with van der Waals surface area (Å²) in [6.45, 7) is 18.2. The van der Waals surface area contributed by atoms with Crippen molar-refractivity contribution in [3.8, 4) is 28.0 Å². The van der Waals surface area contributed by atoms with Crippen molar-refractivity contribution in [1.29, 1.82) is 0 Å². The van der Waals surface area contributed by atoms with Crippen LogP contribution in [0.1, 0.15) is 58.6 Å². The number of aromatic amines is 1. The Kier molecular flexibility index (Phi) is 15.7. The second-order valence-electron chi connectivity index (χ2n) is 11.0. The van der Waals surface area contributed by atoms with E-state index >= 15 is 0 Å². The first kappa shape index (κ1) is 37.0. The lowest BCUT2D eigenvalue weighted by molar-refractivity contribution is 0.265. The Morgan fingerprint density at radius 3 is 2.30 bits per heavy atom. The molecule has 0 unspecified atom stereocenters. The number of nitrogens with one attached hydrogen (secondary N) is 1. The summed E-state index contributed by atoms with van der Waals surface area (Å²) in [5.74, 6) is 0.922. The van der Waals surface area contributed by atoms with Crippen molar-refractivity contribution in [3.05, 3.63) is 120 Å². The maximum absolute atomic E-state index is 6.58. The Morgan fingerprint density at radius 1 is 0.894 bits per heavy atom. The molecule has 0 aliphatic carbocycles. The van der Waals surface area contributed by atoms with Gasteiger partial charge in [-0.3, -0.25) is 9.88 Å². The number of hydrogen-bond acceptors (Lipinski definition) is 4. The van der Waals surface area contributed by atoms with Crippen LogP contribution in [0.2, 0.25) is 0 Å². The fourth-order valence-electron chi connectivity index (χ4n) is 5.91. The molecule has 0 saturated carbocycles. The van der Waals surface area contributed by atoms with E-state index in [0.717, 1.165) is 66.7 Å². The molecule has 0 atom stereocenters. The minimum absolute atomic E-state index is 0.599. The number of rotatable bonds is 13. The van der Waals surface area contributed by atoms with Crippen molar-refractivity contribution in [2.24, 2.45) is 5.73 Å². The summed E-state index contributed by atoms with van der Waals surface area (Å²) in [7, 11) is 1.50. The molecule has 248 valence electrons. The van der Waals surface area contributed by atoms with Gasteiger partial charge in [-0.1, -0.05) is 107 Å². The number of nitrogens with two attached hydrogens (primary N) is 1. The molecule has 2 heterocycles. The molecule has 0 bridgehead atoms. The first-order valence-electron chi connectivity index (χ1n) is 17.1. The van der Waals surface area contributed by atoms with E-state index in [0.29, 0.717) is 6.61 Å². The number of pyridine rings is 1. The Labute approximate surface area is 282 Å². The molecule has 0 saturated heterocycles. The van der Waals surface area contributed by atoms with Crippen LogP contribution in [-0.2, 0) is 13.0 Å². The van der Waals surface area contributed by atoms with Gasteiger partial charge >= 0.3 is 0 Å². The van der Waals surface area contributed by atoms with Crippen LogP contribution in [0.3, 0.4) is 0 Å². The molecular weight excluding hydrogens is 576 g/mol. The van der Waals surface area contributed by atoms with Crippen LogP contribution in [0.15, 0.2) is 98.0 Å². The van der Waals surface area contributed by atoms with Gasteiger partial charge in [0.2, 0.25) is 0 Å². The average Bonchev–Trinajstić information content (AvgIpc) is 3.55. The lowest BCUT2D eigenvalue weighted by atomic mass is 9.99. The largest absolute Gasteiger partial charge is 0.493 e. The molecule has 0 radical (unpaired) electrons. The SMILES string of the molecule is C=C/C=c1/cccc(-c2ccc(CCOc3cc(CN(CCC)CCC)ccc3-c3c[nH]c4ccncc34)cc2)/c1=C/C.CC.CN. The van der Waals surface area contributed by atoms with Gasteiger partial charge in [0, 0.05) is 53.6 Å². The predicted molar refractivity (Wildman–Crippen MR) is 204 cm³/mol. The van der Waals surface area contributed by atoms with Crippen molar-refractivity contribution >= 4 is 23.1 Å². The van der Waals surface area contributed by atoms with Crippen molar-refractivity contribution in [1.82, 2.24) is 14.9 Å². The maximum Gasteiger partial charge on any atom is 0.127 e. The van der Waals surface area contributed by atoms with Gasteiger partial charge in [-0.05, 0) is 84.7 Å². The minimum Gasteiger partial charge on any atom is -0.493 e. The number of hydrogen-bond donors (Lipinski definition) is 2. The zero-order valence-electron chi connectivity index (χ0n) is 29.4. The standard InChI is InChI=1S/C39H43N3O.C2H6.CH5N/c1-5-10-31-11-9-12-34(33(31)8-4)32-16-13-29(14-17-32)20-24-43-39-25-30(28-42(22-6-2)23-7-3)15-18-35(39)36-27-41-38-19-21-40-26-37(36)38;2*1-2/h5,8-19,21,25-27,41H,1,6-7,20,22-24,28H2,2-4H3;1-2H3;2H2,1H3/b31-10-,33-8+;;. The summed E-state index contributed by atoms with van der Waals surface area (Å²) in [5.41, 5.74) is 12.8. The number of H-pyrrole nitrogens is 1. The second-order valence-corrected chi connectivity index (χ2v) is 11.0. The highest BCUT2D eigenvalue weighted by atomic mass is 16.5. The molecule has 0 aliphatic heterocycles. The molecule has 0 aliphatic rings. The van der Waals surface area contributed by atoms with Gasteiger partial charge < -0.3 is 15.5 Å². The Hall–Kier alpha value is -4.45. The highest BCUT2D eigenvalue weighted by Crippen LogP contribution is 2.36. The molecule has 0 spiro atoms. The van der Waals surface area contributed by atoms with Crippen LogP contribution in [0.5, 0.6) is 5.75 Å². The number of nitrogens with zero attached hydrogens (tertiary/aromatic N) is 2. The molecular formula is C42H54N4O. The molecule has 5 heteroatoms. The summed E-state index contributed by atoms with van der Waals surface area (Å²) in [6.07, 6.45) is 15.0. The van der Waals surface area contributed by atoms with E-state index in [4.69, 9.17) is 4.74 Å². The first-order valence-corrected chi connectivity index (χ1v) is 17.1. The van der Waals surface area contributed by atoms with Gasteiger partial charge in [-0.15, -0.1) is 0 Å². The van der Waals surface area contributed by atoms with E-state index in [2.05, 4.69) is 127 Å². The summed E-state index contributed by atoms with van der Waals surface area (Å²) >= 11 is 0. The quantitative estimate of drug-likeness (QED) is 0.137. The highest BCUT2D eigenvalue weighted by molar-refractivity contribution is 5.96. The third-order valence-corrected chi connectivity index (χ3v) is 7.94. The fraction of sp³-hybridized carbons (Fsp3) is 0.310. The Balaban J connectivity index is 0.00000144. The molecule has 47 heavy (non-hydrogen) atoms. The van der Waals surface area contributed by atoms with Crippen molar-refractivity contribution in [2.75, 3.05) is 26.7 Å². The molecule has 3 aromatic carbocycles. The first-order chi connectivity index (χ1) is 23.1. The lowest BCUT2D eigenvalue weighted by Crippen LogP contribution is -2.25. The number of benzene rings is 3. The van der Waals surface area contributed by atoms with Gasteiger partial charge in [0.05, 0.1) is 6.61 Å². The van der Waals surface area contributed by atoms with Crippen LogP contribution in [0.4, 0.5) is 0 Å². The molecule has 0 amide bonds. The topological polar surface area (TPSA) is 67.2 Å². The molecule has 0 fully saturated rings. The molecule has 3 N–H and O–H groups in total. The van der Waals surface area contributed by atoms with Gasteiger partial charge in [0.1, 0.15) is 5.75 Å². The predicted octanol–water partition coefficient (Wildman–Crippen LogP) is 8.51. The van der Waals surface area contributed by atoms with Crippen LogP contribution in [-0.4, -0.2) is 41.6 Å². The lowest BCUT2D eigenvalue weighted by Gasteiger charge is -2.22. The Morgan fingerprint density at radius 2 is 1.62 bits per heavy atom. The zero-order chi connectivity index (χ0) is 34.0. The summed E-state index contributed by atoms with van der Waals surface area (Å²) in [6, 6.07) is 24.0. The number of allylic oxidation sites excluding steroid dienone is 1. The summed E-state index contributed by atoms with van der Waals surface area (Å²) in [5, 5.41) is 3.52. The van der Waals surface area contributed by atoms with Crippen molar-refractivity contribution < 1.29 is 4.74 Å². The average molecular weight is 631 g/mol. The van der Waals surface area contributed by atoms with Gasteiger partial charge in [-0.2, -0.15) is 0 Å². The fourth-order valence-corrected chi connectivity index (χ4v) is 5.91. The normalized spacial score (nSPS) is 11.6. The van der Waals surface area contributed by atoms with Gasteiger partial charge in [-0.25, -0.2) is 0 Å². The third-order valence-electron chi connectivity index (χ3n) is 7.94. The van der Waals surface area contributed by atoms with Crippen LogP contribution < -0.4 is 20.9 Å². The Bertz CT molecular complexity index is 1780. The van der Waals surface area contributed by atoms with Gasteiger partial charge in [0.25, 0.3) is 0 Å². The molecule has 5 aromatic rings. The minimum atomic E-state index is 0.599. The number of fused-ring (bicyclic) bond motifs is 1. The van der Waals surface area contributed by atoms with E-state index in [1.165, 1.54) is 39.7 Å². The summed E-state index contributed by atoms with van der Waals surface area (Å²) < 4.78 is 6.58. The maximum atomic E-state index is 6.58. The molecule has 5 rings (SSSR count). The van der Waals surface area contributed by atoms with E-state index in [9.17, 15) is 0 Å². The van der Waals surface area contributed by atoms with E-state index in [1.807, 2.05) is 38.4 Å². The van der Waals surface area contributed by atoms with Crippen LogP contribution in [0, 0.1) is 0 Å². The summed E-state index contributed by atoms with van der Waals surface area (Å²) in [4.78, 5) is 10.3. The highest BCUT2D eigenvalue weighted by Gasteiger charge is 2.14. The van der Waals surface area contributed by atoms with Crippen molar-refractivity contribution in [2.45, 2.75) is 60.4 Å². The van der Waals surface area contributed by atoms with Gasteiger partial charge in [0.15, 0.2) is 0 Å². The van der Waals surface area contributed by atoms with Crippen molar-refractivity contribution in [3.63, 3.8) is 0 Å². The second kappa shape index (κ2) is 19.9. The number of aromatic nitrogens is 2.